The Morgan fingerprint density at radius 1 is 1.07 bits per heavy atom. The highest BCUT2D eigenvalue weighted by Crippen LogP contribution is 2.48. The van der Waals surface area contributed by atoms with E-state index in [1.165, 1.54) is 6.33 Å². The number of hydrogen-bond donors (Lipinski definition) is 0. The maximum atomic E-state index is 12.6. The van der Waals surface area contributed by atoms with Gasteiger partial charge in [0.05, 0.1) is 19.3 Å². The third-order valence-corrected chi connectivity index (χ3v) is 6.15. The summed E-state index contributed by atoms with van der Waals surface area (Å²) < 4.78 is 36.6. The Kier molecular flexibility index (Phi) is 7.99. The summed E-state index contributed by atoms with van der Waals surface area (Å²) in [7, 11) is -3.23. The van der Waals surface area contributed by atoms with E-state index in [0.717, 1.165) is 16.8 Å². The molecule has 3 aromatic rings. The van der Waals surface area contributed by atoms with Crippen LogP contribution in [-0.2, 0) is 31.4 Å². The minimum atomic E-state index is -3.23. The molecule has 0 fully saturated rings. The first-order valence-corrected chi connectivity index (χ1v) is 11.8. The van der Waals surface area contributed by atoms with Crippen molar-refractivity contribution in [3.05, 3.63) is 60.0 Å². The number of rotatable bonds is 12. The molecule has 2 heterocycles. The van der Waals surface area contributed by atoms with Crippen LogP contribution in [0.25, 0.3) is 5.52 Å². The van der Waals surface area contributed by atoms with Gasteiger partial charge in [-0.15, -0.1) is 0 Å². The van der Waals surface area contributed by atoms with Gasteiger partial charge in [-0.2, -0.15) is 10.1 Å². The first-order valence-electron chi connectivity index (χ1n) is 10.0. The molecule has 8 nitrogen and oxygen atoms in total. The lowest BCUT2D eigenvalue weighted by Gasteiger charge is -2.19. The van der Waals surface area contributed by atoms with Crippen LogP contribution in [0.2, 0.25) is 0 Å². The van der Waals surface area contributed by atoms with E-state index in [-0.39, 0.29) is 12.5 Å². The molecule has 0 spiro atoms. The fraction of sp³-hybridized carbons (Fsp3) is 0.429. The van der Waals surface area contributed by atoms with Crippen LogP contribution in [0.5, 0.6) is 5.88 Å². The second-order valence-electron chi connectivity index (χ2n) is 6.72. The maximum Gasteiger partial charge on any atom is 0.356 e. The Labute approximate surface area is 176 Å². The van der Waals surface area contributed by atoms with Gasteiger partial charge in [0.25, 0.3) is 0 Å². The van der Waals surface area contributed by atoms with Crippen molar-refractivity contribution in [3.63, 3.8) is 0 Å². The molecule has 0 amide bonds. The van der Waals surface area contributed by atoms with Crippen LogP contribution in [0.15, 0.2) is 48.8 Å². The van der Waals surface area contributed by atoms with Gasteiger partial charge in [0.1, 0.15) is 24.8 Å². The summed E-state index contributed by atoms with van der Waals surface area (Å²) in [4.78, 5) is 4.27. The zero-order chi connectivity index (χ0) is 21.4. The van der Waals surface area contributed by atoms with Gasteiger partial charge in [0.15, 0.2) is 0 Å². The molecule has 0 aliphatic heterocycles. The van der Waals surface area contributed by atoms with Crippen molar-refractivity contribution in [1.82, 2.24) is 14.6 Å². The van der Waals surface area contributed by atoms with E-state index in [1.807, 2.05) is 49.4 Å². The molecule has 1 unspecified atom stereocenters. The van der Waals surface area contributed by atoms with Crippen molar-refractivity contribution in [2.75, 3.05) is 19.6 Å². The number of ether oxygens (including phenoxy) is 2. The summed E-state index contributed by atoms with van der Waals surface area (Å²) in [6, 6.07) is 13.8. The summed E-state index contributed by atoms with van der Waals surface area (Å²) in [5.74, 6) is 0.519. The quantitative estimate of drug-likeness (QED) is 0.389. The zero-order valence-corrected chi connectivity index (χ0v) is 18.5. The number of fused-ring (bicyclic) bond motifs is 1. The molecule has 0 N–H and O–H groups in total. The van der Waals surface area contributed by atoms with E-state index in [0.29, 0.717) is 32.1 Å². The number of aromatic nitrogens is 3. The second kappa shape index (κ2) is 10.7. The molecule has 0 aliphatic carbocycles. The molecular formula is C21H28N3O5P. The van der Waals surface area contributed by atoms with Gasteiger partial charge in [-0.05, 0) is 38.5 Å². The Balaban J connectivity index is 1.64. The van der Waals surface area contributed by atoms with Crippen LogP contribution in [0, 0.1) is 0 Å². The Morgan fingerprint density at radius 2 is 1.80 bits per heavy atom. The van der Waals surface area contributed by atoms with Gasteiger partial charge < -0.3 is 18.5 Å². The normalized spacial score (nSPS) is 12.9. The average Bonchev–Trinajstić information content (AvgIpc) is 3.15. The highest BCUT2D eigenvalue weighted by Gasteiger charge is 2.25. The van der Waals surface area contributed by atoms with Gasteiger partial charge in [0, 0.05) is 12.1 Å². The predicted molar refractivity (Wildman–Crippen MR) is 114 cm³/mol. The van der Waals surface area contributed by atoms with Crippen LogP contribution in [0.3, 0.4) is 0 Å². The fourth-order valence-electron chi connectivity index (χ4n) is 3.03. The summed E-state index contributed by atoms with van der Waals surface area (Å²) >= 11 is 0. The highest BCUT2D eigenvalue weighted by molar-refractivity contribution is 7.53. The number of hydrogen-bond acceptors (Lipinski definition) is 7. The number of nitrogens with zero attached hydrogens (tertiary/aromatic N) is 3. The van der Waals surface area contributed by atoms with E-state index in [4.69, 9.17) is 18.5 Å². The first kappa shape index (κ1) is 22.4. The third kappa shape index (κ3) is 5.89. The van der Waals surface area contributed by atoms with Crippen molar-refractivity contribution in [3.8, 4) is 5.88 Å². The van der Waals surface area contributed by atoms with E-state index >= 15 is 0 Å². The van der Waals surface area contributed by atoms with Crippen LogP contribution < -0.4 is 4.74 Å². The average molecular weight is 433 g/mol. The van der Waals surface area contributed by atoms with Crippen molar-refractivity contribution in [2.45, 2.75) is 39.9 Å². The summed E-state index contributed by atoms with van der Waals surface area (Å²) in [5, 5.41) is 4.34. The highest BCUT2D eigenvalue weighted by atomic mass is 31.2. The van der Waals surface area contributed by atoms with Crippen molar-refractivity contribution < 1.29 is 23.1 Å². The van der Waals surface area contributed by atoms with E-state index in [2.05, 4.69) is 10.1 Å². The fourth-order valence-corrected chi connectivity index (χ4v) is 4.48. The molecule has 30 heavy (non-hydrogen) atoms. The van der Waals surface area contributed by atoms with Crippen LogP contribution >= 0.6 is 7.60 Å². The molecule has 0 saturated carbocycles. The van der Waals surface area contributed by atoms with E-state index in [9.17, 15) is 4.57 Å². The van der Waals surface area contributed by atoms with Crippen molar-refractivity contribution >= 4 is 13.1 Å². The van der Waals surface area contributed by atoms with Crippen LogP contribution in [0.4, 0.5) is 0 Å². The monoisotopic (exact) mass is 433 g/mol. The minimum Gasteiger partial charge on any atom is -0.471 e. The summed E-state index contributed by atoms with van der Waals surface area (Å²) in [5.41, 5.74) is 2.79. The predicted octanol–water partition coefficient (Wildman–Crippen LogP) is 4.48. The molecule has 9 heteroatoms. The molecule has 2 aromatic heterocycles. The summed E-state index contributed by atoms with van der Waals surface area (Å²) in [6.45, 7) is 6.51. The van der Waals surface area contributed by atoms with Gasteiger partial charge in [-0.25, -0.2) is 4.52 Å². The molecule has 0 saturated heterocycles. The van der Waals surface area contributed by atoms with Crippen molar-refractivity contribution in [2.24, 2.45) is 0 Å². The molecule has 0 radical (unpaired) electrons. The largest absolute Gasteiger partial charge is 0.471 e. The van der Waals surface area contributed by atoms with E-state index < -0.39 is 7.60 Å². The molecule has 0 bridgehead atoms. The molecule has 1 atom stereocenters. The number of benzene rings is 1. The van der Waals surface area contributed by atoms with E-state index in [1.54, 1.807) is 18.4 Å². The topological polar surface area (TPSA) is 84.2 Å². The molecular weight excluding hydrogens is 405 g/mol. The van der Waals surface area contributed by atoms with Gasteiger partial charge in [-0.3, -0.25) is 4.57 Å². The van der Waals surface area contributed by atoms with Crippen LogP contribution in [0.1, 0.15) is 32.0 Å². The third-order valence-electron chi connectivity index (χ3n) is 4.38. The molecule has 3 rings (SSSR count). The first-order chi connectivity index (χ1) is 14.5. The van der Waals surface area contributed by atoms with Crippen molar-refractivity contribution in [1.29, 1.82) is 0 Å². The zero-order valence-electron chi connectivity index (χ0n) is 17.6. The van der Waals surface area contributed by atoms with Crippen LogP contribution in [-0.4, -0.2) is 40.3 Å². The van der Waals surface area contributed by atoms with Gasteiger partial charge >= 0.3 is 7.60 Å². The Hall–Kier alpha value is -2.25. The summed E-state index contributed by atoms with van der Waals surface area (Å²) in [6.07, 6.45) is 1.75. The maximum absolute atomic E-state index is 12.6. The lowest BCUT2D eigenvalue weighted by atomic mass is 10.2. The van der Waals surface area contributed by atoms with Gasteiger partial charge in [0.2, 0.25) is 5.88 Å². The standard InChI is InChI=1S/C21H28N3O5P/c1-4-28-30(25,29-5-2)16-27-17(3)13-19-11-12-20-21(22-15-23-24(19)20)26-14-18-9-7-6-8-10-18/h6-12,15,17H,4-5,13-14,16H2,1-3H3. The lowest BCUT2D eigenvalue weighted by Crippen LogP contribution is -2.16. The molecule has 1 aromatic carbocycles. The minimum absolute atomic E-state index is 0.0838. The van der Waals surface area contributed by atoms with Gasteiger partial charge in [-0.1, -0.05) is 30.3 Å². The second-order valence-corrected chi connectivity index (χ2v) is 8.71. The Bertz CT molecular complexity index is 969. The molecule has 162 valence electrons. The smallest absolute Gasteiger partial charge is 0.356 e. The Morgan fingerprint density at radius 3 is 2.50 bits per heavy atom. The lowest BCUT2D eigenvalue weighted by molar-refractivity contribution is 0.0770. The SMILES string of the molecule is CCOP(=O)(COC(C)Cc1ccc2c(OCc3ccccc3)ncnn12)OCC. The molecule has 0 aliphatic rings.